The molecule has 96 valence electrons. The lowest BCUT2D eigenvalue weighted by Crippen LogP contribution is -2.25. The molecule has 0 bridgehead atoms. The van der Waals surface area contributed by atoms with E-state index >= 15 is 0 Å². The number of rotatable bonds is 6. The molecule has 0 aliphatic heterocycles. The molecule has 1 aromatic rings. The lowest BCUT2D eigenvalue weighted by molar-refractivity contribution is 0.100. The number of halogens is 1. The molecule has 2 atom stereocenters. The van der Waals surface area contributed by atoms with Gasteiger partial charge in [-0.1, -0.05) is 13.0 Å². The standard InChI is InChI=1S/C14H22FNO/c1-5-16-14(9-11(3)17-4)13-7-6-12(15)8-10(13)2/h6-8,11,14,16H,5,9H2,1-4H3. The van der Waals surface area contributed by atoms with Crippen molar-refractivity contribution < 1.29 is 9.13 Å². The van der Waals surface area contributed by atoms with Crippen LogP contribution in [0.4, 0.5) is 4.39 Å². The summed E-state index contributed by atoms with van der Waals surface area (Å²) in [4.78, 5) is 0. The minimum absolute atomic E-state index is 0.179. The highest BCUT2D eigenvalue weighted by atomic mass is 19.1. The Morgan fingerprint density at radius 3 is 2.65 bits per heavy atom. The Bertz CT molecular complexity index is 354. The number of benzene rings is 1. The van der Waals surface area contributed by atoms with Gasteiger partial charge in [0.1, 0.15) is 5.82 Å². The van der Waals surface area contributed by atoms with Gasteiger partial charge in [-0.3, -0.25) is 0 Å². The van der Waals surface area contributed by atoms with Crippen molar-refractivity contribution in [2.45, 2.75) is 39.3 Å². The van der Waals surface area contributed by atoms with E-state index < -0.39 is 0 Å². The number of methoxy groups -OCH3 is 1. The van der Waals surface area contributed by atoms with Crippen LogP contribution >= 0.6 is 0 Å². The first-order valence-electron chi connectivity index (χ1n) is 6.10. The lowest BCUT2D eigenvalue weighted by Gasteiger charge is -2.23. The fourth-order valence-electron chi connectivity index (χ4n) is 2.02. The van der Waals surface area contributed by atoms with Crippen LogP contribution in [0.15, 0.2) is 18.2 Å². The molecule has 0 aliphatic rings. The summed E-state index contributed by atoms with van der Waals surface area (Å²) >= 11 is 0. The van der Waals surface area contributed by atoms with Gasteiger partial charge in [-0.05, 0) is 50.1 Å². The third-order valence-corrected chi connectivity index (χ3v) is 3.03. The van der Waals surface area contributed by atoms with Crippen molar-refractivity contribution in [3.8, 4) is 0 Å². The summed E-state index contributed by atoms with van der Waals surface area (Å²) in [6.45, 7) is 6.95. The van der Waals surface area contributed by atoms with E-state index in [1.165, 1.54) is 6.07 Å². The molecule has 17 heavy (non-hydrogen) atoms. The summed E-state index contributed by atoms with van der Waals surface area (Å²) in [6.07, 6.45) is 1.07. The Morgan fingerprint density at radius 1 is 1.41 bits per heavy atom. The smallest absolute Gasteiger partial charge is 0.123 e. The zero-order valence-electron chi connectivity index (χ0n) is 11.1. The van der Waals surface area contributed by atoms with Gasteiger partial charge < -0.3 is 10.1 Å². The maximum absolute atomic E-state index is 13.1. The lowest BCUT2D eigenvalue weighted by atomic mass is 9.96. The van der Waals surface area contributed by atoms with E-state index in [1.54, 1.807) is 13.2 Å². The summed E-state index contributed by atoms with van der Waals surface area (Å²) in [6, 6.07) is 5.18. The molecule has 1 rings (SSSR count). The van der Waals surface area contributed by atoms with Crippen LogP contribution in [-0.4, -0.2) is 19.8 Å². The average molecular weight is 239 g/mol. The molecule has 0 saturated carbocycles. The highest BCUT2D eigenvalue weighted by Crippen LogP contribution is 2.23. The van der Waals surface area contributed by atoms with Crippen LogP contribution in [0.1, 0.15) is 37.4 Å². The molecule has 0 spiro atoms. The number of aryl methyl sites for hydroxylation is 1. The average Bonchev–Trinajstić information content (AvgIpc) is 2.28. The molecule has 0 aliphatic carbocycles. The highest BCUT2D eigenvalue weighted by Gasteiger charge is 2.16. The van der Waals surface area contributed by atoms with E-state index in [4.69, 9.17) is 4.74 Å². The number of nitrogens with one attached hydrogen (secondary N) is 1. The zero-order valence-corrected chi connectivity index (χ0v) is 11.1. The molecular weight excluding hydrogens is 217 g/mol. The van der Waals surface area contributed by atoms with Crippen LogP contribution in [-0.2, 0) is 4.74 Å². The third kappa shape index (κ3) is 4.10. The van der Waals surface area contributed by atoms with E-state index in [-0.39, 0.29) is 18.0 Å². The second-order valence-electron chi connectivity index (χ2n) is 4.39. The van der Waals surface area contributed by atoms with Gasteiger partial charge in [-0.25, -0.2) is 4.39 Å². The maximum Gasteiger partial charge on any atom is 0.123 e. The fraction of sp³-hybridized carbons (Fsp3) is 0.571. The van der Waals surface area contributed by atoms with E-state index in [2.05, 4.69) is 12.2 Å². The minimum Gasteiger partial charge on any atom is -0.382 e. The van der Waals surface area contributed by atoms with Crippen LogP contribution in [0.5, 0.6) is 0 Å². The second kappa shape index (κ2) is 6.72. The normalized spacial score (nSPS) is 14.6. The van der Waals surface area contributed by atoms with Crippen molar-refractivity contribution >= 4 is 0 Å². The van der Waals surface area contributed by atoms with Crippen LogP contribution in [0.25, 0.3) is 0 Å². The number of hydrogen-bond acceptors (Lipinski definition) is 2. The first-order chi connectivity index (χ1) is 8.08. The zero-order chi connectivity index (χ0) is 12.8. The highest BCUT2D eigenvalue weighted by molar-refractivity contribution is 5.29. The van der Waals surface area contributed by atoms with E-state index in [9.17, 15) is 4.39 Å². The molecule has 0 saturated heterocycles. The first-order valence-corrected chi connectivity index (χ1v) is 6.10. The Balaban J connectivity index is 2.88. The third-order valence-electron chi connectivity index (χ3n) is 3.03. The van der Waals surface area contributed by atoms with Gasteiger partial charge in [0.05, 0.1) is 6.10 Å². The summed E-state index contributed by atoms with van der Waals surface area (Å²) in [5.74, 6) is -0.179. The van der Waals surface area contributed by atoms with Gasteiger partial charge >= 0.3 is 0 Å². The van der Waals surface area contributed by atoms with Crippen molar-refractivity contribution in [3.05, 3.63) is 35.1 Å². The molecular formula is C14H22FNO. The second-order valence-corrected chi connectivity index (χ2v) is 4.39. The van der Waals surface area contributed by atoms with Crippen LogP contribution in [0.3, 0.4) is 0 Å². The van der Waals surface area contributed by atoms with Gasteiger partial charge in [0.25, 0.3) is 0 Å². The van der Waals surface area contributed by atoms with Crippen molar-refractivity contribution in [3.63, 3.8) is 0 Å². The Hall–Kier alpha value is -0.930. The maximum atomic E-state index is 13.1. The van der Waals surface area contributed by atoms with Gasteiger partial charge in [0.15, 0.2) is 0 Å². The molecule has 0 radical (unpaired) electrons. The number of ether oxygens (including phenoxy) is 1. The predicted molar refractivity (Wildman–Crippen MR) is 68.6 cm³/mol. The summed E-state index contributed by atoms with van der Waals surface area (Å²) in [7, 11) is 1.71. The molecule has 1 aromatic carbocycles. The summed E-state index contributed by atoms with van der Waals surface area (Å²) < 4.78 is 18.4. The molecule has 2 unspecified atom stereocenters. The van der Waals surface area contributed by atoms with Crippen molar-refractivity contribution in [1.29, 1.82) is 0 Å². The molecule has 0 heterocycles. The molecule has 0 fully saturated rings. The van der Waals surface area contributed by atoms with E-state index in [0.717, 1.165) is 24.1 Å². The fourth-order valence-corrected chi connectivity index (χ4v) is 2.02. The first kappa shape index (κ1) is 14.1. The Kier molecular flexibility index (Phi) is 5.59. The monoisotopic (exact) mass is 239 g/mol. The molecule has 0 aromatic heterocycles. The van der Waals surface area contributed by atoms with E-state index in [0.29, 0.717) is 0 Å². The topological polar surface area (TPSA) is 21.3 Å². The molecule has 1 N–H and O–H groups in total. The largest absolute Gasteiger partial charge is 0.382 e. The van der Waals surface area contributed by atoms with Crippen molar-refractivity contribution in [2.24, 2.45) is 0 Å². The Morgan fingerprint density at radius 2 is 2.12 bits per heavy atom. The molecule has 3 heteroatoms. The quantitative estimate of drug-likeness (QED) is 0.823. The summed E-state index contributed by atoms with van der Waals surface area (Å²) in [5.41, 5.74) is 2.14. The van der Waals surface area contributed by atoms with E-state index in [1.807, 2.05) is 19.9 Å². The number of hydrogen-bond donors (Lipinski definition) is 1. The van der Waals surface area contributed by atoms with Gasteiger partial charge in [-0.15, -0.1) is 0 Å². The van der Waals surface area contributed by atoms with Crippen LogP contribution in [0, 0.1) is 12.7 Å². The van der Waals surface area contributed by atoms with Crippen LogP contribution < -0.4 is 5.32 Å². The van der Waals surface area contributed by atoms with Crippen LogP contribution in [0.2, 0.25) is 0 Å². The predicted octanol–water partition coefficient (Wildman–Crippen LogP) is 3.21. The SMILES string of the molecule is CCNC(CC(C)OC)c1ccc(F)cc1C. The Labute approximate surface area is 103 Å². The summed E-state index contributed by atoms with van der Waals surface area (Å²) in [5, 5.41) is 3.42. The molecule has 0 amide bonds. The van der Waals surface area contributed by atoms with Gasteiger partial charge in [-0.2, -0.15) is 0 Å². The molecule has 2 nitrogen and oxygen atoms in total. The van der Waals surface area contributed by atoms with Crippen molar-refractivity contribution in [1.82, 2.24) is 5.32 Å². The minimum atomic E-state index is -0.179. The van der Waals surface area contributed by atoms with Crippen molar-refractivity contribution in [2.75, 3.05) is 13.7 Å². The van der Waals surface area contributed by atoms with Gasteiger partial charge in [0, 0.05) is 13.2 Å². The van der Waals surface area contributed by atoms with Gasteiger partial charge in [0.2, 0.25) is 0 Å².